The number of rotatable bonds is 6. The Morgan fingerprint density at radius 2 is 1.96 bits per heavy atom. The summed E-state index contributed by atoms with van der Waals surface area (Å²) in [6.45, 7) is 0. The Labute approximate surface area is 148 Å². The number of hydrogen-bond donors (Lipinski definition) is 1. The van der Waals surface area contributed by atoms with Crippen molar-refractivity contribution in [3.8, 4) is 0 Å². The van der Waals surface area contributed by atoms with Crippen LogP contribution < -0.4 is 5.32 Å². The Balaban J connectivity index is 2.08. The minimum Gasteiger partial charge on any atom is -0.467 e. The third-order valence-corrected chi connectivity index (χ3v) is 3.75. The highest BCUT2D eigenvalue weighted by atomic mass is 35.5. The standard InChI is InChI=1S/C18H16ClF2NO3/c1-25-18(24)16(8-11-3-2-4-13(19)7-11)22-17(23)9-12-5-6-14(20)10-15(12)21/h2-7,10,16H,8-9H2,1H3,(H,22,23)/t16-/m0/s1. The van der Waals surface area contributed by atoms with E-state index >= 15 is 0 Å². The summed E-state index contributed by atoms with van der Waals surface area (Å²) in [7, 11) is 1.21. The van der Waals surface area contributed by atoms with E-state index in [-0.39, 0.29) is 18.4 Å². The molecule has 0 heterocycles. The van der Waals surface area contributed by atoms with Crippen molar-refractivity contribution >= 4 is 23.5 Å². The van der Waals surface area contributed by atoms with Gasteiger partial charge < -0.3 is 10.1 Å². The van der Waals surface area contributed by atoms with E-state index in [1.807, 2.05) is 0 Å². The molecular weight excluding hydrogens is 352 g/mol. The van der Waals surface area contributed by atoms with E-state index in [9.17, 15) is 18.4 Å². The second-order valence-electron chi connectivity index (χ2n) is 5.39. The van der Waals surface area contributed by atoms with Crippen LogP contribution in [0.2, 0.25) is 5.02 Å². The molecule has 0 saturated carbocycles. The van der Waals surface area contributed by atoms with E-state index in [0.29, 0.717) is 11.1 Å². The molecule has 0 fully saturated rings. The van der Waals surface area contributed by atoms with Crippen LogP contribution in [0, 0.1) is 11.6 Å². The summed E-state index contributed by atoms with van der Waals surface area (Å²) >= 11 is 5.91. The SMILES string of the molecule is COC(=O)[C@H](Cc1cccc(Cl)c1)NC(=O)Cc1ccc(F)cc1F. The molecule has 132 valence electrons. The van der Waals surface area contributed by atoms with Crippen LogP contribution in [0.25, 0.3) is 0 Å². The fourth-order valence-electron chi connectivity index (χ4n) is 2.32. The highest BCUT2D eigenvalue weighted by molar-refractivity contribution is 6.30. The number of carbonyl (C=O) groups excluding carboxylic acids is 2. The largest absolute Gasteiger partial charge is 0.467 e. The van der Waals surface area contributed by atoms with Gasteiger partial charge in [-0.05, 0) is 29.3 Å². The van der Waals surface area contributed by atoms with Crippen molar-refractivity contribution in [2.75, 3.05) is 7.11 Å². The zero-order chi connectivity index (χ0) is 18.4. The first kappa shape index (κ1) is 18.9. The average Bonchev–Trinajstić information content (AvgIpc) is 2.56. The van der Waals surface area contributed by atoms with Crippen molar-refractivity contribution in [3.05, 3.63) is 70.2 Å². The van der Waals surface area contributed by atoms with E-state index < -0.39 is 29.6 Å². The molecule has 1 N–H and O–H groups in total. The number of methoxy groups -OCH3 is 1. The van der Waals surface area contributed by atoms with Gasteiger partial charge in [-0.1, -0.05) is 29.8 Å². The Kier molecular flexibility index (Phi) is 6.47. The molecule has 2 aromatic carbocycles. The fourth-order valence-corrected chi connectivity index (χ4v) is 2.53. The molecule has 0 spiro atoms. The lowest BCUT2D eigenvalue weighted by atomic mass is 10.1. The number of halogens is 3. The minimum atomic E-state index is -0.945. The fraction of sp³-hybridized carbons (Fsp3) is 0.222. The van der Waals surface area contributed by atoms with Crippen LogP contribution in [0.5, 0.6) is 0 Å². The van der Waals surface area contributed by atoms with Gasteiger partial charge in [0.2, 0.25) is 5.91 Å². The van der Waals surface area contributed by atoms with Crippen molar-refractivity contribution in [3.63, 3.8) is 0 Å². The normalized spacial score (nSPS) is 11.7. The number of benzene rings is 2. The quantitative estimate of drug-likeness (QED) is 0.798. The maximum atomic E-state index is 13.6. The Hall–Kier alpha value is -2.47. The van der Waals surface area contributed by atoms with E-state index in [1.165, 1.54) is 13.2 Å². The monoisotopic (exact) mass is 367 g/mol. The molecule has 25 heavy (non-hydrogen) atoms. The number of hydrogen-bond acceptors (Lipinski definition) is 3. The predicted octanol–water partition coefficient (Wildman–Crippen LogP) is 3.06. The van der Waals surface area contributed by atoms with Crippen LogP contribution in [-0.2, 0) is 27.2 Å². The Bertz CT molecular complexity index is 783. The lowest BCUT2D eigenvalue weighted by Gasteiger charge is -2.17. The van der Waals surface area contributed by atoms with Gasteiger partial charge in [-0.3, -0.25) is 4.79 Å². The van der Waals surface area contributed by atoms with Gasteiger partial charge in [0.15, 0.2) is 0 Å². The van der Waals surface area contributed by atoms with Crippen molar-refractivity contribution in [1.82, 2.24) is 5.32 Å². The van der Waals surface area contributed by atoms with Gasteiger partial charge in [0.25, 0.3) is 0 Å². The topological polar surface area (TPSA) is 55.4 Å². The van der Waals surface area contributed by atoms with Crippen LogP contribution in [-0.4, -0.2) is 25.0 Å². The van der Waals surface area contributed by atoms with Gasteiger partial charge in [0.1, 0.15) is 17.7 Å². The predicted molar refractivity (Wildman–Crippen MR) is 89.2 cm³/mol. The summed E-state index contributed by atoms with van der Waals surface area (Å²) in [5.74, 6) is -2.76. The summed E-state index contributed by atoms with van der Waals surface area (Å²) in [5, 5.41) is 3.01. The first-order valence-electron chi connectivity index (χ1n) is 7.44. The molecule has 1 amide bonds. The molecule has 0 aliphatic carbocycles. The molecule has 0 aliphatic rings. The second-order valence-corrected chi connectivity index (χ2v) is 5.83. The number of amides is 1. The van der Waals surface area contributed by atoms with Crippen molar-refractivity contribution in [2.24, 2.45) is 0 Å². The molecule has 2 rings (SSSR count). The number of ether oxygens (including phenoxy) is 1. The average molecular weight is 368 g/mol. The second kappa shape index (κ2) is 8.58. The first-order valence-corrected chi connectivity index (χ1v) is 7.82. The Morgan fingerprint density at radius 3 is 2.60 bits per heavy atom. The van der Waals surface area contributed by atoms with E-state index in [4.69, 9.17) is 16.3 Å². The maximum Gasteiger partial charge on any atom is 0.328 e. The maximum absolute atomic E-state index is 13.6. The molecule has 7 heteroatoms. The van der Waals surface area contributed by atoms with Crippen LogP contribution in [0.15, 0.2) is 42.5 Å². The van der Waals surface area contributed by atoms with Gasteiger partial charge in [0.05, 0.1) is 13.5 Å². The van der Waals surface area contributed by atoms with Gasteiger partial charge >= 0.3 is 5.97 Å². The molecule has 0 aliphatic heterocycles. The first-order chi connectivity index (χ1) is 11.9. The molecule has 0 radical (unpaired) electrons. The summed E-state index contributed by atoms with van der Waals surface area (Å²) in [6.07, 6.45) is -0.153. The van der Waals surface area contributed by atoms with Gasteiger partial charge in [0, 0.05) is 17.5 Å². The highest BCUT2D eigenvalue weighted by Gasteiger charge is 2.22. The smallest absolute Gasteiger partial charge is 0.328 e. The van der Waals surface area contributed by atoms with Crippen LogP contribution in [0.1, 0.15) is 11.1 Å². The van der Waals surface area contributed by atoms with Crippen molar-refractivity contribution < 1.29 is 23.1 Å². The summed E-state index contributed by atoms with van der Waals surface area (Å²) in [4.78, 5) is 24.0. The molecular formula is C18H16ClF2NO3. The molecule has 0 unspecified atom stereocenters. The Morgan fingerprint density at radius 1 is 1.20 bits per heavy atom. The minimum absolute atomic E-state index is 0.0327. The van der Waals surface area contributed by atoms with Crippen LogP contribution in [0.3, 0.4) is 0 Å². The van der Waals surface area contributed by atoms with Crippen molar-refractivity contribution in [1.29, 1.82) is 0 Å². The van der Waals surface area contributed by atoms with Gasteiger partial charge in [-0.25, -0.2) is 13.6 Å². The summed E-state index contributed by atoms with van der Waals surface area (Å²) < 4.78 is 31.2. The number of esters is 1. The lowest BCUT2D eigenvalue weighted by molar-refractivity contribution is -0.145. The molecule has 0 saturated heterocycles. The van der Waals surface area contributed by atoms with E-state index in [2.05, 4.69) is 5.32 Å². The molecule has 0 bridgehead atoms. The van der Waals surface area contributed by atoms with Crippen LogP contribution >= 0.6 is 11.6 Å². The number of carbonyl (C=O) groups is 2. The number of nitrogens with one attached hydrogen (secondary N) is 1. The third-order valence-electron chi connectivity index (χ3n) is 3.52. The molecule has 2 aromatic rings. The third kappa shape index (κ3) is 5.53. The van der Waals surface area contributed by atoms with E-state index in [1.54, 1.807) is 24.3 Å². The van der Waals surface area contributed by atoms with E-state index in [0.717, 1.165) is 11.6 Å². The zero-order valence-corrected chi connectivity index (χ0v) is 14.1. The molecule has 0 aromatic heterocycles. The molecule has 1 atom stereocenters. The lowest BCUT2D eigenvalue weighted by Crippen LogP contribution is -2.43. The van der Waals surface area contributed by atoms with Gasteiger partial charge in [-0.2, -0.15) is 0 Å². The van der Waals surface area contributed by atoms with Gasteiger partial charge in [-0.15, -0.1) is 0 Å². The highest BCUT2D eigenvalue weighted by Crippen LogP contribution is 2.14. The van der Waals surface area contributed by atoms with Crippen molar-refractivity contribution in [2.45, 2.75) is 18.9 Å². The molecule has 4 nitrogen and oxygen atoms in total. The summed E-state index contributed by atoms with van der Waals surface area (Å²) in [6, 6.07) is 8.85. The summed E-state index contributed by atoms with van der Waals surface area (Å²) in [5.41, 5.74) is 0.765. The van der Waals surface area contributed by atoms with Crippen LogP contribution in [0.4, 0.5) is 8.78 Å². The zero-order valence-electron chi connectivity index (χ0n) is 13.4.